The lowest BCUT2D eigenvalue weighted by Gasteiger charge is -2.17. The number of ether oxygens (including phenoxy) is 1. The molecule has 0 heterocycles. The summed E-state index contributed by atoms with van der Waals surface area (Å²) in [6.07, 6.45) is -0.152. The molecule has 1 aromatic carbocycles. The molecule has 19 heavy (non-hydrogen) atoms. The largest absolute Gasteiger partial charge is 0.494 e. The predicted molar refractivity (Wildman–Crippen MR) is 66.9 cm³/mol. The molecule has 0 unspecified atom stereocenters. The Kier molecular flexibility index (Phi) is 5.11. The number of nitrogens with zero attached hydrogens (tertiary/aromatic N) is 1. The number of amides is 2. The Bertz CT molecular complexity index is 479. The van der Waals surface area contributed by atoms with Crippen molar-refractivity contribution in [3.05, 3.63) is 24.0 Å². The van der Waals surface area contributed by atoms with Crippen LogP contribution < -0.4 is 10.1 Å². The van der Waals surface area contributed by atoms with Crippen LogP contribution in [0, 0.1) is 5.82 Å². The average Bonchev–Trinajstić information content (AvgIpc) is 2.36. The second kappa shape index (κ2) is 6.58. The first-order valence-electron chi connectivity index (χ1n) is 5.51. The van der Waals surface area contributed by atoms with E-state index in [2.05, 4.69) is 5.32 Å². The van der Waals surface area contributed by atoms with Crippen molar-refractivity contribution in [2.45, 2.75) is 6.42 Å². The maximum absolute atomic E-state index is 13.4. The highest BCUT2D eigenvalue weighted by Crippen LogP contribution is 2.20. The quantitative estimate of drug-likeness (QED) is 0.854. The minimum absolute atomic E-state index is 0.0692. The first-order chi connectivity index (χ1) is 8.93. The van der Waals surface area contributed by atoms with Gasteiger partial charge in [0.25, 0.3) is 0 Å². The lowest BCUT2D eigenvalue weighted by atomic mass is 10.3. The number of urea groups is 1. The summed E-state index contributed by atoms with van der Waals surface area (Å²) in [6.45, 7) is 0.0692. The van der Waals surface area contributed by atoms with E-state index in [1.54, 1.807) is 0 Å². The molecule has 2 N–H and O–H groups in total. The highest BCUT2D eigenvalue weighted by molar-refractivity contribution is 5.89. The molecule has 0 bridgehead atoms. The topological polar surface area (TPSA) is 78.9 Å². The van der Waals surface area contributed by atoms with Crippen molar-refractivity contribution in [3.8, 4) is 5.75 Å². The maximum Gasteiger partial charge on any atom is 0.321 e. The molecule has 2 amide bonds. The van der Waals surface area contributed by atoms with Gasteiger partial charge in [-0.15, -0.1) is 0 Å². The van der Waals surface area contributed by atoms with Gasteiger partial charge in [0.05, 0.1) is 13.5 Å². The second-order valence-electron chi connectivity index (χ2n) is 3.84. The van der Waals surface area contributed by atoms with Crippen molar-refractivity contribution in [3.63, 3.8) is 0 Å². The highest BCUT2D eigenvalue weighted by atomic mass is 19.1. The molecule has 0 saturated heterocycles. The smallest absolute Gasteiger partial charge is 0.321 e. The van der Waals surface area contributed by atoms with E-state index >= 15 is 0 Å². The van der Waals surface area contributed by atoms with Gasteiger partial charge in [-0.1, -0.05) is 0 Å². The van der Waals surface area contributed by atoms with Crippen LogP contribution in [0.5, 0.6) is 5.75 Å². The van der Waals surface area contributed by atoms with Gasteiger partial charge < -0.3 is 20.1 Å². The van der Waals surface area contributed by atoms with Gasteiger partial charge in [-0.05, 0) is 12.1 Å². The summed E-state index contributed by atoms with van der Waals surface area (Å²) in [5.41, 5.74) is 0.269. The predicted octanol–water partition coefficient (Wildman–Crippen LogP) is 1.77. The minimum Gasteiger partial charge on any atom is -0.494 e. The SMILES string of the molecule is COc1ccc(NC(=O)N(C)CCC(=O)O)cc1F. The lowest BCUT2D eigenvalue weighted by molar-refractivity contribution is -0.137. The number of aliphatic carboxylic acids is 1. The highest BCUT2D eigenvalue weighted by Gasteiger charge is 2.11. The van der Waals surface area contributed by atoms with Crippen LogP contribution in [-0.2, 0) is 4.79 Å². The fourth-order valence-electron chi connectivity index (χ4n) is 1.33. The van der Waals surface area contributed by atoms with E-state index in [0.717, 1.165) is 6.07 Å². The molecule has 0 fully saturated rings. The van der Waals surface area contributed by atoms with Crippen LogP contribution in [0.2, 0.25) is 0 Å². The Morgan fingerprint density at radius 1 is 1.47 bits per heavy atom. The second-order valence-corrected chi connectivity index (χ2v) is 3.84. The van der Waals surface area contributed by atoms with E-state index in [1.807, 2.05) is 0 Å². The molecular weight excluding hydrogens is 255 g/mol. The molecule has 0 spiro atoms. The number of rotatable bonds is 5. The van der Waals surface area contributed by atoms with Gasteiger partial charge in [0, 0.05) is 25.3 Å². The van der Waals surface area contributed by atoms with E-state index in [1.165, 1.54) is 31.2 Å². The monoisotopic (exact) mass is 270 g/mol. The molecule has 0 aliphatic rings. The number of carboxylic acids is 1. The first-order valence-corrected chi connectivity index (χ1v) is 5.51. The van der Waals surface area contributed by atoms with Crippen LogP contribution in [0.25, 0.3) is 0 Å². The average molecular weight is 270 g/mol. The summed E-state index contributed by atoms with van der Waals surface area (Å²) in [6, 6.07) is 3.50. The van der Waals surface area contributed by atoms with Crippen molar-refractivity contribution in [1.82, 2.24) is 4.90 Å². The van der Waals surface area contributed by atoms with E-state index in [-0.39, 0.29) is 24.4 Å². The molecule has 0 aromatic heterocycles. The van der Waals surface area contributed by atoms with Gasteiger partial charge >= 0.3 is 12.0 Å². The summed E-state index contributed by atoms with van der Waals surface area (Å²) >= 11 is 0. The number of anilines is 1. The number of methoxy groups -OCH3 is 1. The zero-order valence-corrected chi connectivity index (χ0v) is 10.6. The number of carbonyl (C=O) groups is 2. The number of carboxylic acid groups (broad SMARTS) is 1. The van der Waals surface area contributed by atoms with Gasteiger partial charge in [0.2, 0.25) is 0 Å². The Morgan fingerprint density at radius 2 is 2.16 bits per heavy atom. The molecule has 7 heteroatoms. The number of nitrogens with one attached hydrogen (secondary N) is 1. The normalized spacial score (nSPS) is 9.84. The van der Waals surface area contributed by atoms with Crippen LogP contribution in [0.4, 0.5) is 14.9 Å². The van der Waals surface area contributed by atoms with Crippen LogP contribution >= 0.6 is 0 Å². The Morgan fingerprint density at radius 3 is 2.68 bits per heavy atom. The third kappa shape index (κ3) is 4.46. The maximum atomic E-state index is 13.4. The van der Waals surface area contributed by atoms with E-state index in [4.69, 9.17) is 9.84 Å². The van der Waals surface area contributed by atoms with Crippen LogP contribution in [0.15, 0.2) is 18.2 Å². The third-order valence-electron chi connectivity index (χ3n) is 2.41. The summed E-state index contributed by atoms with van der Waals surface area (Å²) in [7, 11) is 2.80. The van der Waals surface area contributed by atoms with Crippen LogP contribution in [-0.4, -0.2) is 42.7 Å². The summed E-state index contributed by atoms with van der Waals surface area (Å²) in [4.78, 5) is 23.2. The number of hydrogen-bond acceptors (Lipinski definition) is 3. The Labute approximate surface area is 109 Å². The number of carbonyl (C=O) groups excluding carboxylic acids is 1. The Hall–Kier alpha value is -2.31. The number of benzene rings is 1. The molecule has 1 aromatic rings. The van der Waals surface area contributed by atoms with Gasteiger partial charge in [0.1, 0.15) is 0 Å². The van der Waals surface area contributed by atoms with Crippen LogP contribution in [0.3, 0.4) is 0 Å². The molecule has 6 nitrogen and oxygen atoms in total. The molecule has 0 aliphatic heterocycles. The standard InChI is InChI=1S/C12H15FN2O4/c1-15(6-5-11(16)17)12(18)14-8-3-4-10(19-2)9(13)7-8/h3-4,7H,5-6H2,1-2H3,(H,14,18)(H,16,17). The van der Waals surface area contributed by atoms with E-state index in [9.17, 15) is 14.0 Å². The van der Waals surface area contributed by atoms with E-state index in [0.29, 0.717) is 0 Å². The summed E-state index contributed by atoms with van der Waals surface area (Å²) < 4.78 is 18.1. The molecular formula is C12H15FN2O4. The van der Waals surface area contributed by atoms with Crippen LogP contribution in [0.1, 0.15) is 6.42 Å². The zero-order chi connectivity index (χ0) is 14.4. The van der Waals surface area contributed by atoms with Gasteiger partial charge in [-0.2, -0.15) is 0 Å². The molecule has 0 aliphatic carbocycles. The summed E-state index contributed by atoms with van der Waals surface area (Å²) in [5, 5.41) is 11.0. The minimum atomic E-state index is -0.991. The number of hydrogen-bond donors (Lipinski definition) is 2. The number of halogens is 1. The summed E-state index contributed by atoms with van der Waals surface area (Å²) in [5.74, 6) is -1.50. The molecule has 0 saturated carbocycles. The van der Waals surface area contributed by atoms with Crippen molar-refractivity contribution in [1.29, 1.82) is 0 Å². The van der Waals surface area contributed by atoms with Gasteiger partial charge in [-0.25, -0.2) is 9.18 Å². The van der Waals surface area contributed by atoms with Crippen molar-refractivity contribution < 1.29 is 23.8 Å². The molecule has 104 valence electrons. The fourth-order valence-corrected chi connectivity index (χ4v) is 1.33. The molecule has 0 radical (unpaired) electrons. The Balaban J connectivity index is 2.61. The molecule has 0 atom stereocenters. The zero-order valence-electron chi connectivity index (χ0n) is 10.6. The van der Waals surface area contributed by atoms with E-state index < -0.39 is 17.8 Å². The van der Waals surface area contributed by atoms with Crippen molar-refractivity contribution in [2.75, 3.05) is 26.0 Å². The third-order valence-corrected chi connectivity index (χ3v) is 2.41. The van der Waals surface area contributed by atoms with Crippen molar-refractivity contribution in [2.24, 2.45) is 0 Å². The first kappa shape index (κ1) is 14.7. The van der Waals surface area contributed by atoms with Gasteiger partial charge in [0.15, 0.2) is 11.6 Å². The fraction of sp³-hybridized carbons (Fsp3) is 0.333. The lowest BCUT2D eigenvalue weighted by Crippen LogP contribution is -2.33. The van der Waals surface area contributed by atoms with Gasteiger partial charge in [-0.3, -0.25) is 4.79 Å². The van der Waals surface area contributed by atoms with Crippen molar-refractivity contribution >= 4 is 17.7 Å². The molecule has 1 rings (SSSR count).